The molecule has 2 rings (SSSR count). The Morgan fingerprint density at radius 3 is 2.82 bits per heavy atom. The Labute approximate surface area is 102 Å². The molecule has 5 nitrogen and oxygen atoms in total. The van der Waals surface area contributed by atoms with Gasteiger partial charge in [0.05, 0.1) is 12.7 Å². The summed E-state index contributed by atoms with van der Waals surface area (Å²) in [4.78, 5) is 12.0. The third-order valence-corrected chi connectivity index (χ3v) is 3.64. The highest BCUT2D eigenvalue weighted by atomic mass is 16.6. The second kappa shape index (κ2) is 5.33. The number of esters is 1. The predicted molar refractivity (Wildman–Crippen MR) is 61.5 cm³/mol. The largest absolute Gasteiger partial charge is 0.461 e. The van der Waals surface area contributed by atoms with Crippen LogP contribution in [-0.4, -0.2) is 44.0 Å². The van der Waals surface area contributed by atoms with Gasteiger partial charge in [-0.1, -0.05) is 0 Å². The van der Waals surface area contributed by atoms with E-state index in [1.807, 2.05) is 0 Å². The van der Waals surface area contributed by atoms with Gasteiger partial charge in [0.1, 0.15) is 11.6 Å². The maximum atomic E-state index is 12.0. The lowest BCUT2D eigenvalue weighted by Gasteiger charge is -2.30. The van der Waals surface area contributed by atoms with Crippen LogP contribution in [0.25, 0.3) is 0 Å². The zero-order valence-corrected chi connectivity index (χ0v) is 10.3. The topological polar surface area (TPSA) is 70.8 Å². The Morgan fingerprint density at radius 1 is 1.41 bits per heavy atom. The van der Waals surface area contributed by atoms with Gasteiger partial charge in [-0.25, -0.2) is 4.79 Å². The van der Waals surface area contributed by atoms with Crippen LogP contribution in [0.1, 0.15) is 32.1 Å². The van der Waals surface area contributed by atoms with Gasteiger partial charge in [-0.3, -0.25) is 0 Å². The van der Waals surface area contributed by atoms with Crippen molar-refractivity contribution in [3.8, 4) is 0 Å². The van der Waals surface area contributed by atoms with Crippen molar-refractivity contribution in [2.24, 2.45) is 5.73 Å². The first-order valence-corrected chi connectivity index (χ1v) is 6.24. The van der Waals surface area contributed by atoms with Gasteiger partial charge in [0.25, 0.3) is 0 Å². The third kappa shape index (κ3) is 2.97. The van der Waals surface area contributed by atoms with Crippen molar-refractivity contribution in [3.05, 3.63) is 0 Å². The number of hydrogen-bond acceptors (Lipinski definition) is 5. The van der Waals surface area contributed by atoms with Crippen LogP contribution in [-0.2, 0) is 19.0 Å². The highest BCUT2D eigenvalue weighted by molar-refractivity contribution is 5.81. The molecule has 2 aliphatic rings. The molecule has 0 spiro atoms. The Balaban J connectivity index is 1.85. The van der Waals surface area contributed by atoms with Gasteiger partial charge in [0.2, 0.25) is 0 Å². The number of methoxy groups -OCH3 is 1. The van der Waals surface area contributed by atoms with Crippen LogP contribution in [0.3, 0.4) is 0 Å². The van der Waals surface area contributed by atoms with Gasteiger partial charge in [-0.15, -0.1) is 0 Å². The zero-order chi connectivity index (χ0) is 12.3. The maximum absolute atomic E-state index is 12.0. The van der Waals surface area contributed by atoms with Gasteiger partial charge in [-0.2, -0.15) is 0 Å². The van der Waals surface area contributed by atoms with Crippen LogP contribution in [0.2, 0.25) is 0 Å². The summed E-state index contributed by atoms with van der Waals surface area (Å²) in [7, 11) is 1.70. The molecular weight excluding hydrogens is 222 g/mol. The smallest absolute Gasteiger partial charge is 0.328 e. The highest BCUT2D eigenvalue weighted by Crippen LogP contribution is 2.25. The predicted octanol–water partition coefficient (Wildman–Crippen LogP) is 0.605. The molecule has 0 radical (unpaired) electrons. The van der Waals surface area contributed by atoms with Crippen LogP contribution in [0.15, 0.2) is 0 Å². The summed E-state index contributed by atoms with van der Waals surface area (Å²) in [5.41, 5.74) is 5.03. The van der Waals surface area contributed by atoms with Crippen LogP contribution in [0.4, 0.5) is 0 Å². The SMILES string of the molecule is COC1CCCC(OC(=O)C2(N)CCOC2)C1. The first-order valence-electron chi connectivity index (χ1n) is 6.24. The zero-order valence-electron chi connectivity index (χ0n) is 10.3. The number of ether oxygens (including phenoxy) is 3. The Kier molecular flexibility index (Phi) is 4.01. The molecular formula is C12H21NO4. The summed E-state index contributed by atoms with van der Waals surface area (Å²) in [6.45, 7) is 0.809. The lowest BCUT2D eigenvalue weighted by atomic mass is 9.94. The van der Waals surface area contributed by atoms with E-state index in [2.05, 4.69) is 0 Å². The fraction of sp³-hybridized carbons (Fsp3) is 0.917. The average molecular weight is 243 g/mol. The first kappa shape index (κ1) is 12.8. The lowest BCUT2D eigenvalue weighted by molar-refractivity contribution is -0.159. The Bertz CT molecular complexity index is 276. The van der Waals surface area contributed by atoms with Crippen LogP contribution in [0.5, 0.6) is 0 Å². The van der Waals surface area contributed by atoms with Gasteiger partial charge in [-0.05, 0) is 19.3 Å². The molecule has 0 aromatic rings. The van der Waals surface area contributed by atoms with E-state index in [1.54, 1.807) is 7.11 Å². The number of rotatable bonds is 3. The lowest BCUT2D eigenvalue weighted by Crippen LogP contribution is -2.51. The molecule has 1 heterocycles. The van der Waals surface area contributed by atoms with E-state index in [0.717, 1.165) is 25.7 Å². The minimum Gasteiger partial charge on any atom is -0.461 e. The van der Waals surface area contributed by atoms with Crippen molar-refractivity contribution in [2.75, 3.05) is 20.3 Å². The van der Waals surface area contributed by atoms with Crippen LogP contribution >= 0.6 is 0 Å². The molecule has 1 saturated heterocycles. The first-order chi connectivity index (χ1) is 8.14. The van der Waals surface area contributed by atoms with Crippen molar-refractivity contribution < 1.29 is 19.0 Å². The maximum Gasteiger partial charge on any atom is 0.328 e. The highest BCUT2D eigenvalue weighted by Gasteiger charge is 2.41. The van der Waals surface area contributed by atoms with Gasteiger partial charge in [0.15, 0.2) is 0 Å². The van der Waals surface area contributed by atoms with Crippen molar-refractivity contribution >= 4 is 5.97 Å². The molecule has 0 aromatic heterocycles. The summed E-state index contributed by atoms with van der Waals surface area (Å²) in [6, 6.07) is 0. The van der Waals surface area contributed by atoms with Gasteiger partial charge in [0, 0.05) is 26.6 Å². The Hall–Kier alpha value is -0.650. The average Bonchev–Trinajstić information content (AvgIpc) is 2.78. The molecule has 0 aromatic carbocycles. The molecule has 2 N–H and O–H groups in total. The minimum absolute atomic E-state index is 0.0535. The molecule has 1 saturated carbocycles. The molecule has 17 heavy (non-hydrogen) atoms. The fourth-order valence-electron chi connectivity index (χ4n) is 2.43. The van der Waals surface area contributed by atoms with E-state index < -0.39 is 5.54 Å². The number of nitrogens with two attached hydrogens (primary N) is 1. The fourth-order valence-corrected chi connectivity index (χ4v) is 2.43. The Morgan fingerprint density at radius 2 is 2.18 bits per heavy atom. The summed E-state index contributed by atoms with van der Waals surface area (Å²) in [5.74, 6) is -0.322. The molecule has 1 aliphatic carbocycles. The molecule has 2 fully saturated rings. The van der Waals surface area contributed by atoms with E-state index in [0.29, 0.717) is 13.0 Å². The van der Waals surface area contributed by atoms with Crippen molar-refractivity contribution in [1.29, 1.82) is 0 Å². The summed E-state index contributed by atoms with van der Waals surface area (Å²) >= 11 is 0. The van der Waals surface area contributed by atoms with Gasteiger partial charge < -0.3 is 19.9 Å². The molecule has 0 bridgehead atoms. The molecule has 0 amide bonds. The molecule has 98 valence electrons. The number of hydrogen-bond donors (Lipinski definition) is 1. The van der Waals surface area contributed by atoms with Crippen molar-refractivity contribution in [3.63, 3.8) is 0 Å². The monoisotopic (exact) mass is 243 g/mol. The van der Waals surface area contributed by atoms with E-state index in [-0.39, 0.29) is 24.8 Å². The second-order valence-electron chi connectivity index (χ2n) is 5.01. The van der Waals surface area contributed by atoms with E-state index in [4.69, 9.17) is 19.9 Å². The van der Waals surface area contributed by atoms with E-state index in [1.165, 1.54) is 0 Å². The van der Waals surface area contributed by atoms with E-state index >= 15 is 0 Å². The van der Waals surface area contributed by atoms with Crippen LogP contribution in [0, 0.1) is 0 Å². The standard InChI is InChI=1S/C12H21NO4/c1-15-9-3-2-4-10(7-9)17-11(14)12(13)5-6-16-8-12/h9-10H,2-8,13H2,1H3. The summed E-state index contributed by atoms with van der Waals surface area (Å²) < 4.78 is 16.0. The second-order valence-corrected chi connectivity index (χ2v) is 5.01. The molecule has 3 atom stereocenters. The third-order valence-electron chi connectivity index (χ3n) is 3.64. The quantitative estimate of drug-likeness (QED) is 0.735. The summed E-state index contributed by atoms with van der Waals surface area (Å²) in [6.07, 6.45) is 4.46. The van der Waals surface area contributed by atoms with Crippen LogP contribution < -0.4 is 5.73 Å². The number of carbonyl (C=O) groups excluding carboxylic acids is 1. The van der Waals surface area contributed by atoms with Gasteiger partial charge >= 0.3 is 5.97 Å². The summed E-state index contributed by atoms with van der Waals surface area (Å²) in [5, 5.41) is 0. The molecule has 5 heteroatoms. The molecule has 3 unspecified atom stereocenters. The van der Waals surface area contributed by atoms with Crippen molar-refractivity contribution in [1.82, 2.24) is 0 Å². The molecule has 1 aliphatic heterocycles. The number of carbonyl (C=O) groups is 1. The van der Waals surface area contributed by atoms with Crippen molar-refractivity contribution in [2.45, 2.75) is 49.9 Å². The normalized spacial score (nSPS) is 38.0. The minimum atomic E-state index is -0.931. The van der Waals surface area contributed by atoms with E-state index in [9.17, 15) is 4.79 Å².